The highest BCUT2D eigenvalue weighted by atomic mass is 16.2. The first-order valence-corrected chi connectivity index (χ1v) is 10.5. The number of fused-ring (bicyclic) bond motifs is 1. The Hall–Kier alpha value is -4.00. The van der Waals surface area contributed by atoms with Crippen molar-refractivity contribution in [2.24, 2.45) is 0 Å². The molecule has 0 radical (unpaired) electrons. The van der Waals surface area contributed by atoms with Crippen LogP contribution in [-0.2, 0) is 24.3 Å². The maximum absolute atomic E-state index is 13.0. The molecule has 0 aliphatic rings. The molecule has 0 bridgehead atoms. The molecule has 7 nitrogen and oxygen atoms in total. The lowest BCUT2D eigenvalue weighted by molar-refractivity contribution is -0.131. The second-order valence-corrected chi connectivity index (χ2v) is 7.59. The van der Waals surface area contributed by atoms with E-state index in [2.05, 4.69) is 10.3 Å². The Labute approximate surface area is 186 Å². The molecule has 0 aliphatic heterocycles. The van der Waals surface area contributed by atoms with Gasteiger partial charge in [-0.1, -0.05) is 42.5 Å². The second-order valence-electron chi connectivity index (χ2n) is 7.59. The number of carbonyl (C=O) groups excluding carboxylic acids is 2. The van der Waals surface area contributed by atoms with Gasteiger partial charge in [0.1, 0.15) is 12.4 Å². The largest absolute Gasteiger partial charge is 0.352 e. The molecule has 4 rings (SSSR count). The van der Waals surface area contributed by atoms with Crippen LogP contribution in [0.1, 0.15) is 21.7 Å². The molecule has 32 heavy (non-hydrogen) atoms. The van der Waals surface area contributed by atoms with Crippen molar-refractivity contribution in [2.75, 3.05) is 13.6 Å². The van der Waals surface area contributed by atoms with Crippen molar-refractivity contribution < 1.29 is 9.59 Å². The molecule has 162 valence electrons. The van der Waals surface area contributed by atoms with Gasteiger partial charge in [0.05, 0.1) is 16.6 Å². The van der Waals surface area contributed by atoms with Crippen LogP contribution in [0.25, 0.3) is 11.0 Å². The molecule has 2 amide bonds. The number of nitrogens with zero attached hydrogens (tertiary/aromatic N) is 4. The van der Waals surface area contributed by atoms with Gasteiger partial charge < -0.3 is 14.8 Å². The first-order valence-electron chi connectivity index (χ1n) is 10.5. The Morgan fingerprint density at radius 2 is 1.78 bits per heavy atom. The first kappa shape index (κ1) is 21.2. The minimum atomic E-state index is -0.181. The van der Waals surface area contributed by atoms with Crippen LogP contribution < -0.4 is 5.32 Å². The van der Waals surface area contributed by atoms with Crippen molar-refractivity contribution >= 4 is 22.8 Å². The fraction of sp³-hybridized carbons (Fsp3) is 0.200. The highest BCUT2D eigenvalue weighted by Gasteiger charge is 2.16. The predicted molar refractivity (Wildman–Crippen MR) is 123 cm³/mol. The summed E-state index contributed by atoms with van der Waals surface area (Å²) >= 11 is 0. The van der Waals surface area contributed by atoms with E-state index in [1.807, 2.05) is 66.2 Å². The standard InChI is InChI=1S/C25H25N5O2/c1-29(17-19-8-3-2-4-9-19)24(31)18-30-22-12-6-5-11-21(22)28-23(30)13-15-27-25(32)20-10-7-14-26-16-20/h2-12,14,16H,13,15,17-18H2,1H3,(H,27,32). The molecule has 7 heteroatoms. The van der Waals surface area contributed by atoms with E-state index in [4.69, 9.17) is 4.98 Å². The van der Waals surface area contributed by atoms with Crippen molar-refractivity contribution in [3.63, 3.8) is 0 Å². The number of imidazole rings is 1. The highest BCUT2D eigenvalue weighted by molar-refractivity contribution is 5.93. The van der Waals surface area contributed by atoms with Crippen molar-refractivity contribution in [1.29, 1.82) is 0 Å². The van der Waals surface area contributed by atoms with Gasteiger partial charge >= 0.3 is 0 Å². The summed E-state index contributed by atoms with van der Waals surface area (Å²) in [5.74, 6) is 0.580. The maximum Gasteiger partial charge on any atom is 0.252 e. The molecule has 2 heterocycles. The van der Waals surface area contributed by atoms with E-state index in [9.17, 15) is 9.59 Å². The number of amides is 2. The summed E-state index contributed by atoms with van der Waals surface area (Å²) in [4.78, 5) is 35.7. The van der Waals surface area contributed by atoms with Crippen LogP contribution in [0.4, 0.5) is 0 Å². The van der Waals surface area contributed by atoms with Gasteiger partial charge in [-0.3, -0.25) is 14.6 Å². The van der Waals surface area contributed by atoms with Crippen LogP contribution in [0, 0.1) is 0 Å². The van der Waals surface area contributed by atoms with E-state index in [1.54, 1.807) is 23.2 Å². The third kappa shape index (κ3) is 5.00. The zero-order valence-corrected chi connectivity index (χ0v) is 17.9. The summed E-state index contributed by atoms with van der Waals surface area (Å²) in [5, 5.41) is 2.90. The van der Waals surface area contributed by atoms with E-state index in [1.165, 1.54) is 6.20 Å². The van der Waals surface area contributed by atoms with Gasteiger partial charge in [-0.25, -0.2) is 4.98 Å². The van der Waals surface area contributed by atoms with Crippen molar-refractivity contribution in [3.8, 4) is 0 Å². The van der Waals surface area contributed by atoms with Gasteiger partial charge in [0.25, 0.3) is 5.91 Å². The van der Waals surface area contributed by atoms with E-state index in [0.717, 1.165) is 22.4 Å². The van der Waals surface area contributed by atoms with Gasteiger partial charge in [-0.05, 0) is 29.8 Å². The molecule has 0 aliphatic carbocycles. The molecule has 0 unspecified atom stereocenters. The average molecular weight is 428 g/mol. The van der Waals surface area contributed by atoms with Crippen LogP contribution in [-0.4, -0.2) is 44.8 Å². The van der Waals surface area contributed by atoms with Crippen molar-refractivity contribution in [1.82, 2.24) is 24.8 Å². The average Bonchev–Trinajstić information content (AvgIpc) is 3.17. The number of hydrogen-bond donors (Lipinski definition) is 1. The molecule has 0 saturated heterocycles. The lowest BCUT2D eigenvalue weighted by Crippen LogP contribution is -2.31. The molecule has 1 N–H and O–H groups in total. The van der Waals surface area contributed by atoms with Gasteiger partial charge in [-0.2, -0.15) is 0 Å². The normalized spacial score (nSPS) is 10.8. The van der Waals surface area contributed by atoms with Gasteiger partial charge in [-0.15, -0.1) is 0 Å². The number of carbonyl (C=O) groups is 2. The van der Waals surface area contributed by atoms with Crippen LogP contribution in [0.5, 0.6) is 0 Å². The van der Waals surface area contributed by atoms with E-state index in [0.29, 0.717) is 25.1 Å². The Kier molecular flexibility index (Phi) is 6.55. The number of likely N-dealkylation sites (N-methyl/N-ethyl adjacent to an activating group) is 1. The first-order chi connectivity index (χ1) is 15.6. The van der Waals surface area contributed by atoms with Crippen LogP contribution in [0.15, 0.2) is 79.1 Å². The topological polar surface area (TPSA) is 80.1 Å². The quantitative estimate of drug-likeness (QED) is 0.469. The molecule has 2 aromatic carbocycles. The predicted octanol–water partition coefficient (Wildman–Crippen LogP) is 3.06. The molecule has 0 fully saturated rings. The van der Waals surface area contributed by atoms with E-state index < -0.39 is 0 Å². The fourth-order valence-corrected chi connectivity index (χ4v) is 3.58. The summed E-state index contributed by atoms with van der Waals surface area (Å²) in [7, 11) is 1.81. The maximum atomic E-state index is 13.0. The van der Waals surface area contributed by atoms with Gasteiger partial charge in [0, 0.05) is 39.0 Å². The lowest BCUT2D eigenvalue weighted by Gasteiger charge is -2.19. The molecule has 2 aromatic heterocycles. The molecule has 4 aromatic rings. The van der Waals surface area contributed by atoms with E-state index >= 15 is 0 Å². The van der Waals surface area contributed by atoms with E-state index in [-0.39, 0.29) is 18.4 Å². The number of nitrogens with one attached hydrogen (secondary N) is 1. The summed E-state index contributed by atoms with van der Waals surface area (Å²) in [6.45, 7) is 1.14. The SMILES string of the molecule is CN(Cc1ccccc1)C(=O)Cn1c(CCNC(=O)c2cccnc2)nc2ccccc21. The van der Waals surface area contributed by atoms with Crippen LogP contribution >= 0.6 is 0 Å². The molecular weight excluding hydrogens is 402 g/mol. The number of aromatic nitrogens is 3. The smallest absolute Gasteiger partial charge is 0.252 e. The third-order valence-corrected chi connectivity index (χ3v) is 5.27. The highest BCUT2D eigenvalue weighted by Crippen LogP contribution is 2.17. The molecular formula is C25H25N5O2. The number of rotatable bonds is 8. The fourth-order valence-electron chi connectivity index (χ4n) is 3.58. The van der Waals surface area contributed by atoms with Crippen molar-refractivity contribution in [3.05, 3.63) is 96.1 Å². The number of benzene rings is 2. The number of hydrogen-bond acceptors (Lipinski definition) is 4. The van der Waals surface area contributed by atoms with Crippen LogP contribution in [0.3, 0.4) is 0 Å². The summed E-state index contributed by atoms with van der Waals surface area (Å²) in [5.41, 5.74) is 3.33. The van der Waals surface area contributed by atoms with Crippen LogP contribution in [0.2, 0.25) is 0 Å². The Balaban J connectivity index is 1.46. The number of pyridine rings is 1. The summed E-state index contributed by atoms with van der Waals surface area (Å²) in [6.07, 6.45) is 3.67. The molecule has 0 spiro atoms. The minimum absolute atomic E-state index is 0.00217. The van der Waals surface area contributed by atoms with Gasteiger partial charge in [0.2, 0.25) is 5.91 Å². The third-order valence-electron chi connectivity index (χ3n) is 5.27. The molecule has 0 atom stereocenters. The Morgan fingerprint density at radius 3 is 2.56 bits per heavy atom. The minimum Gasteiger partial charge on any atom is -0.352 e. The Morgan fingerprint density at radius 1 is 1.00 bits per heavy atom. The Bertz CT molecular complexity index is 1200. The summed E-state index contributed by atoms with van der Waals surface area (Å²) < 4.78 is 1.94. The molecule has 0 saturated carbocycles. The zero-order valence-electron chi connectivity index (χ0n) is 17.9. The monoisotopic (exact) mass is 427 g/mol. The van der Waals surface area contributed by atoms with Gasteiger partial charge in [0.15, 0.2) is 0 Å². The van der Waals surface area contributed by atoms with Crippen molar-refractivity contribution in [2.45, 2.75) is 19.5 Å². The lowest BCUT2D eigenvalue weighted by atomic mass is 10.2. The summed E-state index contributed by atoms with van der Waals surface area (Å²) in [6, 6.07) is 21.1. The second kappa shape index (κ2) is 9.87. The number of para-hydroxylation sites is 2. The zero-order chi connectivity index (χ0) is 22.3.